The van der Waals surface area contributed by atoms with Gasteiger partial charge in [-0.2, -0.15) is 5.10 Å². The summed E-state index contributed by atoms with van der Waals surface area (Å²) in [5, 5.41) is 4.24. The summed E-state index contributed by atoms with van der Waals surface area (Å²) in [5.41, 5.74) is 5.92. The summed E-state index contributed by atoms with van der Waals surface area (Å²) in [6.45, 7) is 3.72. The highest BCUT2D eigenvalue weighted by molar-refractivity contribution is 5.93. The summed E-state index contributed by atoms with van der Waals surface area (Å²) in [6, 6.07) is 11.1. The zero-order valence-corrected chi connectivity index (χ0v) is 14.2. The number of likely N-dealkylation sites (tertiary alicyclic amines) is 1. The largest absolute Gasteiger partial charge is 0.493 e. The van der Waals surface area contributed by atoms with E-state index in [1.807, 2.05) is 37.3 Å². The molecule has 0 bridgehead atoms. The number of aryl methyl sites for hydroxylation is 1. The van der Waals surface area contributed by atoms with Gasteiger partial charge in [-0.15, -0.1) is 0 Å². The maximum absolute atomic E-state index is 12.6. The second-order valence-electron chi connectivity index (χ2n) is 6.16. The monoisotopic (exact) mass is 342 g/mol. The molecule has 0 spiro atoms. The number of carbonyl (C=O) groups is 2. The van der Waals surface area contributed by atoms with Gasteiger partial charge >= 0.3 is 0 Å². The molecular weight excluding hydrogens is 320 g/mol. The van der Waals surface area contributed by atoms with Crippen LogP contribution in [0.4, 0.5) is 0 Å². The Balaban J connectivity index is 1.67. The minimum Gasteiger partial charge on any atom is -0.493 e. The first kappa shape index (κ1) is 17.0. The third-order valence-corrected chi connectivity index (χ3v) is 4.48. The lowest BCUT2D eigenvalue weighted by molar-refractivity contribution is -0.122. The van der Waals surface area contributed by atoms with Crippen molar-refractivity contribution in [1.82, 2.24) is 14.7 Å². The first-order valence-electron chi connectivity index (χ1n) is 8.38. The first-order chi connectivity index (χ1) is 12.1. The molecule has 2 amide bonds. The Bertz CT molecular complexity index is 744. The Hall–Kier alpha value is -2.83. The van der Waals surface area contributed by atoms with Gasteiger partial charge in [0.2, 0.25) is 5.91 Å². The second-order valence-corrected chi connectivity index (χ2v) is 6.16. The maximum atomic E-state index is 12.6. The van der Waals surface area contributed by atoms with E-state index in [0.29, 0.717) is 31.9 Å². The molecule has 25 heavy (non-hydrogen) atoms. The average Bonchev–Trinajstić information content (AvgIpc) is 3.27. The number of benzene rings is 1. The molecule has 0 radical (unpaired) electrons. The summed E-state index contributed by atoms with van der Waals surface area (Å²) in [4.78, 5) is 26.0. The first-order valence-corrected chi connectivity index (χ1v) is 8.38. The van der Waals surface area contributed by atoms with Crippen molar-refractivity contribution in [3.05, 3.63) is 48.3 Å². The molecule has 1 aromatic carbocycles. The van der Waals surface area contributed by atoms with Crippen molar-refractivity contribution in [2.45, 2.75) is 13.5 Å². The lowest BCUT2D eigenvalue weighted by Gasteiger charge is -2.16. The van der Waals surface area contributed by atoms with Crippen molar-refractivity contribution in [3.8, 4) is 5.75 Å². The number of carbonyl (C=O) groups excluding carboxylic acids is 2. The highest BCUT2D eigenvalue weighted by Crippen LogP contribution is 2.25. The van der Waals surface area contributed by atoms with Crippen LogP contribution < -0.4 is 10.5 Å². The quantitative estimate of drug-likeness (QED) is 0.853. The molecule has 2 atom stereocenters. The summed E-state index contributed by atoms with van der Waals surface area (Å²) in [5.74, 6) is -0.398. The number of aromatic nitrogens is 2. The van der Waals surface area contributed by atoms with Gasteiger partial charge in [0, 0.05) is 31.7 Å². The average molecular weight is 342 g/mol. The van der Waals surface area contributed by atoms with E-state index in [-0.39, 0.29) is 11.8 Å². The predicted molar refractivity (Wildman–Crippen MR) is 91.9 cm³/mol. The van der Waals surface area contributed by atoms with Crippen LogP contribution in [-0.4, -0.2) is 46.2 Å². The van der Waals surface area contributed by atoms with Crippen LogP contribution in [0.3, 0.4) is 0 Å². The van der Waals surface area contributed by atoms with E-state index in [4.69, 9.17) is 10.5 Å². The van der Waals surface area contributed by atoms with Gasteiger partial charge in [-0.3, -0.25) is 14.3 Å². The smallest absolute Gasteiger partial charge is 0.274 e. The van der Waals surface area contributed by atoms with Crippen LogP contribution >= 0.6 is 0 Å². The molecule has 0 unspecified atom stereocenters. The SMILES string of the molecule is CCn1ccc(C(=O)N2C[C@@H](COc3ccccc3)[C@H](C(N)=O)C2)n1. The standard InChI is InChI=1S/C18H22N4O3/c1-2-22-9-8-16(20-22)18(24)21-10-13(15(11-21)17(19)23)12-25-14-6-4-3-5-7-14/h3-9,13,15H,2,10-12H2,1H3,(H2,19,23)/t13-,15+/m0/s1. The van der Waals surface area contributed by atoms with Crippen LogP contribution in [0.2, 0.25) is 0 Å². The molecule has 0 aliphatic carbocycles. The van der Waals surface area contributed by atoms with Crippen molar-refractivity contribution < 1.29 is 14.3 Å². The third-order valence-electron chi connectivity index (χ3n) is 4.48. The fraction of sp³-hybridized carbons (Fsp3) is 0.389. The molecule has 2 heterocycles. The fourth-order valence-electron chi connectivity index (χ4n) is 3.06. The van der Waals surface area contributed by atoms with Crippen molar-refractivity contribution in [2.24, 2.45) is 17.6 Å². The van der Waals surface area contributed by atoms with Gasteiger partial charge in [0.1, 0.15) is 11.4 Å². The summed E-state index contributed by atoms with van der Waals surface area (Å²) < 4.78 is 7.46. The van der Waals surface area contributed by atoms with Gasteiger partial charge in [0.15, 0.2) is 0 Å². The Morgan fingerprint density at radius 1 is 1.24 bits per heavy atom. The second kappa shape index (κ2) is 7.38. The number of primary amides is 1. The van der Waals surface area contributed by atoms with Crippen molar-refractivity contribution in [2.75, 3.05) is 19.7 Å². The number of para-hydroxylation sites is 1. The molecule has 2 aromatic rings. The number of rotatable bonds is 6. The number of hydrogen-bond donors (Lipinski definition) is 1. The van der Waals surface area contributed by atoms with E-state index in [0.717, 1.165) is 5.75 Å². The summed E-state index contributed by atoms with van der Waals surface area (Å²) in [6.07, 6.45) is 1.77. The molecule has 132 valence electrons. The van der Waals surface area contributed by atoms with Crippen molar-refractivity contribution in [3.63, 3.8) is 0 Å². The van der Waals surface area contributed by atoms with Gasteiger partial charge in [-0.25, -0.2) is 0 Å². The van der Waals surface area contributed by atoms with Crippen LogP contribution in [0.5, 0.6) is 5.75 Å². The molecule has 7 nitrogen and oxygen atoms in total. The molecule has 1 aliphatic rings. The minimum absolute atomic E-state index is 0.130. The Morgan fingerprint density at radius 3 is 2.64 bits per heavy atom. The number of ether oxygens (including phenoxy) is 1. The van der Waals surface area contributed by atoms with E-state index in [2.05, 4.69) is 5.10 Å². The van der Waals surface area contributed by atoms with Crippen LogP contribution in [0, 0.1) is 11.8 Å². The van der Waals surface area contributed by atoms with Crippen LogP contribution in [0.25, 0.3) is 0 Å². The Labute approximate surface area is 146 Å². The molecule has 2 N–H and O–H groups in total. The normalized spacial score (nSPS) is 19.8. The topological polar surface area (TPSA) is 90.5 Å². The van der Waals surface area contributed by atoms with Gasteiger partial charge in [0.05, 0.1) is 12.5 Å². The molecule has 1 fully saturated rings. The third kappa shape index (κ3) is 3.81. The summed E-state index contributed by atoms with van der Waals surface area (Å²) >= 11 is 0. The molecule has 0 saturated carbocycles. The number of hydrogen-bond acceptors (Lipinski definition) is 4. The van der Waals surface area contributed by atoms with Gasteiger partial charge in [0.25, 0.3) is 5.91 Å². The molecule has 3 rings (SSSR count). The van der Waals surface area contributed by atoms with E-state index in [1.165, 1.54) is 0 Å². The van der Waals surface area contributed by atoms with Gasteiger partial charge in [-0.05, 0) is 25.1 Å². The van der Waals surface area contributed by atoms with Crippen molar-refractivity contribution >= 4 is 11.8 Å². The van der Waals surface area contributed by atoms with Crippen molar-refractivity contribution in [1.29, 1.82) is 0 Å². The summed E-state index contributed by atoms with van der Waals surface area (Å²) in [7, 11) is 0. The van der Waals surface area contributed by atoms with E-state index in [1.54, 1.807) is 21.8 Å². The molecule has 1 saturated heterocycles. The zero-order chi connectivity index (χ0) is 17.8. The van der Waals surface area contributed by atoms with Crippen LogP contribution in [0.1, 0.15) is 17.4 Å². The number of nitrogens with two attached hydrogens (primary N) is 1. The van der Waals surface area contributed by atoms with Gasteiger partial charge < -0.3 is 15.4 Å². The minimum atomic E-state index is -0.416. The van der Waals surface area contributed by atoms with Crippen LogP contribution in [-0.2, 0) is 11.3 Å². The Morgan fingerprint density at radius 2 is 2.00 bits per heavy atom. The molecule has 1 aromatic heterocycles. The Kier molecular flexibility index (Phi) is 5.02. The molecule has 1 aliphatic heterocycles. The predicted octanol–water partition coefficient (Wildman–Crippen LogP) is 1.16. The molecule has 7 heteroatoms. The number of amides is 2. The maximum Gasteiger partial charge on any atom is 0.274 e. The number of nitrogens with zero attached hydrogens (tertiary/aromatic N) is 3. The lowest BCUT2D eigenvalue weighted by Crippen LogP contribution is -2.33. The molecular formula is C18H22N4O3. The van der Waals surface area contributed by atoms with E-state index in [9.17, 15) is 9.59 Å². The van der Waals surface area contributed by atoms with E-state index < -0.39 is 11.8 Å². The van der Waals surface area contributed by atoms with Gasteiger partial charge in [-0.1, -0.05) is 18.2 Å². The zero-order valence-electron chi connectivity index (χ0n) is 14.2. The highest BCUT2D eigenvalue weighted by atomic mass is 16.5. The van der Waals surface area contributed by atoms with Crippen LogP contribution in [0.15, 0.2) is 42.6 Å². The fourth-order valence-corrected chi connectivity index (χ4v) is 3.06. The van der Waals surface area contributed by atoms with E-state index >= 15 is 0 Å². The lowest BCUT2D eigenvalue weighted by atomic mass is 9.96. The highest BCUT2D eigenvalue weighted by Gasteiger charge is 2.39.